The van der Waals surface area contributed by atoms with Crippen LogP contribution in [-0.2, 0) is 13.7 Å². The van der Waals surface area contributed by atoms with Crippen molar-refractivity contribution in [2.24, 2.45) is 7.05 Å². The maximum Gasteiger partial charge on any atom is 0.217 e. The van der Waals surface area contributed by atoms with Gasteiger partial charge in [0.05, 0.1) is 30.9 Å². The predicted molar refractivity (Wildman–Crippen MR) is 116 cm³/mol. The molecular formula is C23H20N6O2. The normalized spacial score (nSPS) is 11.0. The third-order valence-electron chi connectivity index (χ3n) is 5.00. The van der Waals surface area contributed by atoms with Gasteiger partial charge in [0.25, 0.3) is 0 Å². The molecule has 4 heterocycles. The fourth-order valence-electron chi connectivity index (χ4n) is 3.36. The lowest BCUT2D eigenvalue weighted by atomic mass is 10.1. The first kappa shape index (κ1) is 18.8. The Morgan fingerprint density at radius 1 is 0.935 bits per heavy atom. The van der Waals surface area contributed by atoms with Crippen molar-refractivity contribution >= 4 is 5.65 Å². The standard InChI is InChI=1S/C23H20N6O2/c1-28-13-18(11-27-28)17-5-3-16(4-6-17)14-31-23-10-20(25-15-26-23)21-12-24-22-9-19(30-2)7-8-29(21)22/h3-13,15H,14H2,1-2H3. The summed E-state index contributed by atoms with van der Waals surface area (Å²) in [6.07, 6.45) is 9.02. The lowest BCUT2D eigenvalue weighted by Gasteiger charge is -2.08. The minimum absolute atomic E-state index is 0.411. The molecule has 0 N–H and O–H groups in total. The number of hydrogen-bond donors (Lipinski definition) is 0. The molecule has 154 valence electrons. The van der Waals surface area contributed by atoms with Crippen LogP contribution < -0.4 is 9.47 Å². The molecule has 0 aliphatic heterocycles. The summed E-state index contributed by atoms with van der Waals surface area (Å²) in [5, 5.41) is 4.21. The summed E-state index contributed by atoms with van der Waals surface area (Å²) in [5.41, 5.74) is 5.62. The summed E-state index contributed by atoms with van der Waals surface area (Å²) in [6, 6.07) is 13.8. The van der Waals surface area contributed by atoms with Gasteiger partial charge >= 0.3 is 0 Å². The minimum Gasteiger partial charge on any atom is -0.497 e. The third kappa shape index (κ3) is 3.83. The molecule has 0 radical (unpaired) electrons. The molecule has 0 aliphatic rings. The van der Waals surface area contributed by atoms with Crippen LogP contribution >= 0.6 is 0 Å². The summed E-state index contributed by atoms with van der Waals surface area (Å²) in [4.78, 5) is 13.1. The third-order valence-corrected chi connectivity index (χ3v) is 5.00. The molecule has 0 aliphatic carbocycles. The van der Waals surface area contributed by atoms with Crippen molar-refractivity contribution in [2.75, 3.05) is 7.11 Å². The fourth-order valence-corrected chi connectivity index (χ4v) is 3.36. The molecule has 0 saturated carbocycles. The maximum absolute atomic E-state index is 5.91. The maximum atomic E-state index is 5.91. The smallest absolute Gasteiger partial charge is 0.217 e. The number of benzene rings is 1. The van der Waals surface area contributed by atoms with Crippen LogP contribution in [0.15, 0.2) is 73.6 Å². The van der Waals surface area contributed by atoms with Crippen LogP contribution in [0.4, 0.5) is 0 Å². The number of rotatable bonds is 6. The van der Waals surface area contributed by atoms with Gasteiger partial charge < -0.3 is 9.47 Å². The quantitative estimate of drug-likeness (QED) is 0.422. The Balaban J connectivity index is 1.32. The molecule has 5 aromatic rings. The summed E-state index contributed by atoms with van der Waals surface area (Å²) in [5.74, 6) is 1.26. The molecule has 31 heavy (non-hydrogen) atoms. The second-order valence-corrected chi connectivity index (χ2v) is 7.07. The Bertz CT molecular complexity index is 1340. The van der Waals surface area contributed by atoms with Gasteiger partial charge in [0.1, 0.15) is 24.3 Å². The summed E-state index contributed by atoms with van der Waals surface area (Å²) >= 11 is 0. The number of pyridine rings is 1. The van der Waals surface area contributed by atoms with Gasteiger partial charge in [-0.1, -0.05) is 24.3 Å². The van der Waals surface area contributed by atoms with E-state index >= 15 is 0 Å². The SMILES string of the molecule is COc1ccn2c(-c3cc(OCc4ccc(-c5cnn(C)c5)cc4)ncn3)cnc2c1. The first-order chi connectivity index (χ1) is 15.2. The molecule has 0 atom stereocenters. The number of hydrogen-bond acceptors (Lipinski definition) is 6. The molecule has 0 spiro atoms. The van der Waals surface area contributed by atoms with Gasteiger partial charge in [0.15, 0.2) is 0 Å². The van der Waals surface area contributed by atoms with Gasteiger partial charge in [-0.2, -0.15) is 5.10 Å². The number of ether oxygens (including phenoxy) is 2. The highest BCUT2D eigenvalue weighted by Gasteiger charge is 2.10. The average molecular weight is 412 g/mol. The largest absolute Gasteiger partial charge is 0.497 e. The van der Waals surface area contributed by atoms with Crippen LogP contribution in [0.3, 0.4) is 0 Å². The van der Waals surface area contributed by atoms with E-state index in [1.54, 1.807) is 18.0 Å². The Labute approximate surface area is 178 Å². The van der Waals surface area contributed by atoms with E-state index in [2.05, 4.69) is 32.2 Å². The van der Waals surface area contributed by atoms with E-state index < -0.39 is 0 Å². The summed E-state index contributed by atoms with van der Waals surface area (Å²) in [7, 11) is 3.54. The number of aromatic nitrogens is 6. The van der Waals surface area contributed by atoms with Crippen molar-refractivity contribution in [2.45, 2.75) is 6.61 Å². The lowest BCUT2D eigenvalue weighted by molar-refractivity contribution is 0.293. The predicted octanol–water partition coefficient (Wildman–Crippen LogP) is 3.78. The highest BCUT2D eigenvalue weighted by molar-refractivity contribution is 5.62. The van der Waals surface area contributed by atoms with Crippen LogP contribution in [0.1, 0.15) is 5.56 Å². The van der Waals surface area contributed by atoms with Crippen molar-refractivity contribution in [3.05, 3.63) is 79.1 Å². The topological polar surface area (TPSA) is 79.4 Å². The number of fused-ring (bicyclic) bond motifs is 1. The van der Waals surface area contributed by atoms with Gasteiger partial charge in [-0.05, 0) is 17.2 Å². The Hall–Kier alpha value is -4.20. The molecule has 0 saturated heterocycles. The van der Waals surface area contributed by atoms with E-state index in [0.717, 1.165) is 39.5 Å². The molecule has 8 nitrogen and oxygen atoms in total. The van der Waals surface area contributed by atoms with E-state index in [-0.39, 0.29) is 0 Å². The Morgan fingerprint density at radius 3 is 2.58 bits per heavy atom. The van der Waals surface area contributed by atoms with Gasteiger partial charge in [-0.25, -0.2) is 15.0 Å². The van der Waals surface area contributed by atoms with Crippen molar-refractivity contribution < 1.29 is 9.47 Å². The molecule has 1 aromatic carbocycles. The summed E-state index contributed by atoms with van der Waals surface area (Å²) in [6.45, 7) is 0.411. The van der Waals surface area contributed by atoms with Crippen LogP contribution in [0.25, 0.3) is 28.2 Å². The minimum atomic E-state index is 0.411. The number of imidazole rings is 1. The van der Waals surface area contributed by atoms with Gasteiger partial charge in [0.2, 0.25) is 5.88 Å². The highest BCUT2D eigenvalue weighted by Crippen LogP contribution is 2.24. The van der Waals surface area contributed by atoms with E-state index in [0.29, 0.717) is 12.5 Å². The van der Waals surface area contributed by atoms with E-state index in [9.17, 15) is 0 Å². The molecule has 8 heteroatoms. The second-order valence-electron chi connectivity index (χ2n) is 7.07. The molecule has 5 rings (SSSR count). The monoisotopic (exact) mass is 412 g/mol. The van der Waals surface area contributed by atoms with Gasteiger partial charge in [0, 0.05) is 37.1 Å². The molecular weight excluding hydrogens is 392 g/mol. The molecule has 4 aromatic heterocycles. The van der Waals surface area contributed by atoms with Crippen molar-refractivity contribution in [1.82, 2.24) is 29.1 Å². The molecule has 0 amide bonds. The first-order valence-corrected chi connectivity index (χ1v) is 9.74. The van der Waals surface area contributed by atoms with Gasteiger partial charge in [-0.15, -0.1) is 0 Å². The highest BCUT2D eigenvalue weighted by atomic mass is 16.5. The first-order valence-electron chi connectivity index (χ1n) is 9.74. The molecule has 0 fully saturated rings. The van der Waals surface area contributed by atoms with Crippen LogP contribution in [0.5, 0.6) is 11.6 Å². The van der Waals surface area contributed by atoms with E-state index in [4.69, 9.17) is 9.47 Å². The van der Waals surface area contributed by atoms with Crippen LogP contribution in [0, 0.1) is 0 Å². The van der Waals surface area contributed by atoms with Crippen LogP contribution in [0.2, 0.25) is 0 Å². The van der Waals surface area contributed by atoms with Gasteiger partial charge in [-0.3, -0.25) is 9.08 Å². The van der Waals surface area contributed by atoms with E-state index in [1.165, 1.54) is 6.33 Å². The van der Waals surface area contributed by atoms with Crippen LogP contribution in [-0.4, -0.2) is 36.2 Å². The molecule has 0 bridgehead atoms. The second kappa shape index (κ2) is 7.91. The van der Waals surface area contributed by atoms with E-state index in [1.807, 2.05) is 60.4 Å². The average Bonchev–Trinajstić information content (AvgIpc) is 3.44. The Morgan fingerprint density at radius 2 is 1.81 bits per heavy atom. The fraction of sp³-hybridized carbons (Fsp3) is 0.130. The zero-order chi connectivity index (χ0) is 21.2. The van der Waals surface area contributed by atoms with Crippen molar-refractivity contribution in [1.29, 1.82) is 0 Å². The van der Waals surface area contributed by atoms with Crippen molar-refractivity contribution in [3.8, 4) is 34.1 Å². The zero-order valence-electron chi connectivity index (χ0n) is 17.1. The summed E-state index contributed by atoms with van der Waals surface area (Å²) < 4.78 is 14.9. The number of nitrogens with zero attached hydrogens (tertiary/aromatic N) is 6. The number of methoxy groups -OCH3 is 1. The molecule has 0 unspecified atom stereocenters. The Kier molecular flexibility index (Phi) is 4.80. The lowest BCUT2D eigenvalue weighted by Crippen LogP contribution is -1.99. The number of aryl methyl sites for hydroxylation is 1. The zero-order valence-corrected chi connectivity index (χ0v) is 17.1. The van der Waals surface area contributed by atoms with Crippen molar-refractivity contribution in [3.63, 3.8) is 0 Å².